The predicted octanol–water partition coefficient (Wildman–Crippen LogP) is 16.0. The molecule has 0 saturated carbocycles. The topological polar surface area (TPSA) is 16.4 Å². The first-order chi connectivity index (χ1) is 29.0. The number of furan rings is 1. The molecule has 280 valence electrons. The molecular weight excluding hydrogens is 715 g/mol. The van der Waals surface area contributed by atoms with Crippen molar-refractivity contribution in [1.82, 2.24) is 0 Å². The summed E-state index contributed by atoms with van der Waals surface area (Å²) >= 11 is 0. The second-order valence-corrected chi connectivity index (χ2v) is 16.1. The van der Waals surface area contributed by atoms with E-state index >= 15 is 0 Å². The summed E-state index contributed by atoms with van der Waals surface area (Å²) in [5, 5.41) is 2.28. The molecule has 0 aliphatic heterocycles. The highest BCUT2D eigenvalue weighted by Crippen LogP contribution is 2.52. The van der Waals surface area contributed by atoms with Crippen LogP contribution in [-0.2, 0) is 5.41 Å². The van der Waals surface area contributed by atoms with Gasteiger partial charge in [0.15, 0.2) is 0 Å². The maximum absolute atomic E-state index is 6.29. The van der Waals surface area contributed by atoms with Gasteiger partial charge in [-0.3, -0.25) is 0 Å². The van der Waals surface area contributed by atoms with E-state index in [0.29, 0.717) is 0 Å². The van der Waals surface area contributed by atoms with Crippen LogP contribution >= 0.6 is 0 Å². The Morgan fingerprint density at radius 2 is 0.898 bits per heavy atom. The van der Waals surface area contributed by atoms with Crippen LogP contribution in [0.3, 0.4) is 0 Å². The zero-order chi connectivity index (χ0) is 39.5. The van der Waals surface area contributed by atoms with Crippen molar-refractivity contribution in [2.75, 3.05) is 4.90 Å². The standard InChI is InChI=1S/C57H41NO/c1-57(2)52-23-13-11-21-47(52)48-33-31-44(37-53(48)57)58(43-29-25-38(26-30-43)41-27-32-50-49-22-12-14-24-55(49)59-56(50)36-41)54-34-28-42(35-51(54)40-17-7-4-8-18-40)46-20-10-9-19-45(46)39-15-5-3-6-16-39/h3-37H,1-2H3. The zero-order valence-corrected chi connectivity index (χ0v) is 33.1. The van der Waals surface area contributed by atoms with Crippen molar-refractivity contribution < 1.29 is 4.42 Å². The number of hydrogen-bond acceptors (Lipinski definition) is 2. The largest absolute Gasteiger partial charge is 0.456 e. The number of nitrogens with zero attached hydrogens (tertiary/aromatic N) is 1. The summed E-state index contributed by atoms with van der Waals surface area (Å²) in [6.07, 6.45) is 0. The molecule has 9 aromatic carbocycles. The summed E-state index contributed by atoms with van der Waals surface area (Å²) in [4.78, 5) is 2.45. The lowest BCUT2D eigenvalue weighted by Crippen LogP contribution is -2.17. The third kappa shape index (κ3) is 5.87. The van der Waals surface area contributed by atoms with E-state index in [1.807, 2.05) is 12.1 Å². The van der Waals surface area contributed by atoms with Crippen molar-refractivity contribution >= 4 is 39.0 Å². The number of fused-ring (bicyclic) bond motifs is 6. The van der Waals surface area contributed by atoms with Crippen molar-refractivity contribution in [2.45, 2.75) is 19.3 Å². The smallest absolute Gasteiger partial charge is 0.136 e. The third-order valence-electron chi connectivity index (χ3n) is 12.3. The van der Waals surface area contributed by atoms with Crippen LogP contribution in [0.25, 0.3) is 77.6 Å². The summed E-state index contributed by atoms with van der Waals surface area (Å²) in [6.45, 7) is 4.71. The minimum atomic E-state index is -0.139. The Morgan fingerprint density at radius 3 is 1.66 bits per heavy atom. The van der Waals surface area contributed by atoms with Crippen molar-refractivity contribution in [1.29, 1.82) is 0 Å². The van der Waals surface area contributed by atoms with Gasteiger partial charge in [-0.05, 0) is 116 Å². The van der Waals surface area contributed by atoms with Crippen LogP contribution in [0.5, 0.6) is 0 Å². The van der Waals surface area contributed by atoms with E-state index < -0.39 is 0 Å². The van der Waals surface area contributed by atoms with Crippen LogP contribution in [0.2, 0.25) is 0 Å². The Kier molecular flexibility index (Phi) is 8.20. The van der Waals surface area contributed by atoms with Crippen LogP contribution in [0.15, 0.2) is 217 Å². The monoisotopic (exact) mass is 755 g/mol. The van der Waals surface area contributed by atoms with Crippen molar-refractivity contribution in [3.63, 3.8) is 0 Å². The highest BCUT2D eigenvalue weighted by atomic mass is 16.3. The number of hydrogen-bond donors (Lipinski definition) is 0. The van der Waals surface area contributed by atoms with Crippen LogP contribution in [0.4, 0.5) is 17.1 Å². The summed E-state index contributed by atoms with van der Waals surface area (Å²) in [5.74, 6) is 0. The van der Waals surface area contributed by atoms with E-state index in [1.54, 1.807) is 0 Å². The molecule has 2 heteroatoms. The van der Waals surface area contributed by atoms with Crippen molar-refractivity contribution in [2.24, 2.45) is 0 Å². The van der Waals surface area contributed by atoms with Gasteiger partial charge in [0.1, 0.15) is 11.2 Å². The van der Waals surface area contributed by atoms with Gasteiger partial charge in [0, 0.05) is 33.1 Å². The second-order valence-electron chi connectivity index (χ2n) is 16.1. The van der Waals surface area contributed by atoms with E-state index in [0.717, 1.165) is 61.3 Å². The zero-order valence-electron chi connectivity index (χ0n) is 33.1. The summed E-state index contributed by atoms with van der Waals surface area (Å²) in [7, 11) is 0. The lowest BCUT2D eigenvalue weighted by atomic mass is 9.82. The van der Waals surface area contributed by atoms with E-state index in [1.165, 1.54) is 44.5 Å². The second kappa shape index (κ2) is 13.9. The maximum Gasteiger partial charge on any atom is 0.136 e. The molecule has 1 aliphatic rings. The van der Waals surface area contributed by atoms with Crippen molar-refractivity contribution in [3.8, 4) is 55.6 Å². The molecule has 0 bridgehead atoms. The molecule has 2 nitrogen and oxygen atoms in total. The minimum absolute atomic E-state index is 0.139. The minimum Gasteiger partial charge on any atom is -0.456 e. The van der Waals surface area contributed by atoms with E-state index in [-0.39, 0.29) is 5.41 Å². The van der Waals surface area contributed by atoms with Crippen LogP contribution in [-0.4, -0.2) is 0 Å². The highest BCUT2D eigenvalue weighted by molar-refractivity contribution is 6.06. The first-order valence-corrected chi connectivity index (χ1v) is 20.4. The molecule has 0 saturated heterocycles. The van der Waals surface area contributed by atoms with Crippen LogP contribution in [0, 0.1) is 0 Å². The molecule has 0 radical (unpaired) electrons. The fraction of sp³-hybridized carbons (Fsp3) is 0.0526. The lowest BCUT2D eigenvalue weighted by Gasteiger charge is -2.30. The van der Waals surface area contributed by atoms with Gasteiger partial charge in [0.2, 0.25) is 0 Å². The molecule has 1 aromatic heterocycles. The van der Waals surface area contributed by atoms with Gasteiger partial charge in [-0.1, -0.05) is 172 Å². The normalized spacial score (nSPS) is 12.7. The molecule has 59 heavy (non-hydrogen) atoms. The molecule has 0 N–H and O–H groups in total. The van der Waals surface area contributed by atoms with E-state index in [9.17, 15) is 0 Å². The fourth-order valence-electron chi connectivity index (χ4n) is 9.32. The van der Waals surface area contributed by atoms with Crippen molar-refractivity contribution in [3.05, 3.63) is 223 Å². The number of para-hydroxylation sites is 1. The number of anilines is 3. The lowest BCUT2D eigenvalue weighted by molar-refractivity contribution is 0.660. The molecule has 1 heterocycles. The quantitative estimate of drug-likeness (QED) is 0.161. The first-order valence-electron chi connectivity index (χ1n) is 20.4. The van der Waals surface area contributed by atoms with Gasteiger partial charge in [-0.15, -0.1) is 0 Å². The summed E-state index contributed by atoms with van der Waals surface area (Å²) < 4.78 is 6.29. The number of rotatable bonds is 7. The molecule has 10 aromatic rings. The van der Waals surface area contributed by atoms with E-state index in [2.05, 4.69) is 219 Å². The van der Waals surface area contributed by atoms with Gasteiger partial charge in [-0.2, -0.15) is 0 Å². The molecule has 0 atom stereocenters. The fourth-order valence-corrected chi connectivity index (χ4v) is 9.32. The Balaban J connectivity index is 1.09. The average molecular weight is 756 g/mol. The van der Waals surface area contributed by atoms with E-state index in [4.69, 9.17) is 4.42 Å². The summed E-state index contributed by atoms with van der Waals surface area (Å²) in [6, 6.07) is 77.0. The van der Waals surface area contributed by atoms with Gasteiger partial charge < -0.3 is 9.32 Å². The molecule has 0 spiro atoms. The van der Waals surface area contributed by atoms with Gasteiger partial charge in [0.05, 0.1) is 5.69 Å². The van der Waals surface area contributed by atoms with Crippen LogP contribution in [0.1, 0.15) is 25.0 Å². The molecule has 1 aliphatic carbocycles. The van der Waals surface area contributed by atoms with Gasteiger partial charge >= 0.3 is 0 Å². The SMILES string of the molecule is CC1(C)c2ccccc2-c2ccc(N(c3ccc(-c4ccc5c(c4)oc4ccccc45)cc3)c3ccc(-c4ccccc4-c4ccccc4)cc3-c3ccccc3)cc21. The molecular formula is C57H41NO. The third-order valence-corrected chi connectivity index (χ3v) is 12.3. The Bertz CT molecular complexity index is 3170. The van der Waals surface area contributed by atoms with Crippen LogP contribution < -0.4 is 4.90 Å². The molecule has 0 fully saturated rings. The van der Waals surface area contributed by atoms with Gasteiger partial charge in [0.25, 0.3) is 0 Å². The average Bonchev–Trinajstić information content (AvgIpc) is 3.78. The Hall–Kier alpha value is -7.42. The molecule has 0 unspecified atom stereocenters. The number of benzene rings is 9. The first kappa shape index (κ1) is 34.8. The predicted molar refractivity (Wildman–Crippen MR) is 248 cm³/mol. The summed E-state index contributed by atoms with van der Waals surface area (Å²) in [5.41, 5.74) is 19.7. The maximum atomic E-state index is 6.29. The Labute approximate surface area is 345 Å². The highest BCUT2D eigenvalue weighted by Gasteiger charge is 2.36. The molecule has 0 amide bonds. The molecule has 11 rings (SSSR count). The van der Waals surface area contributed by atoms with Gasteiger partial charge in [-0.25, -0.2) is 0 Å². The Morgan fingerprint density at radius 1 is 0.339 bits per heavy atom.